The molecule has 1 saturated carbocycles. The van der Waals surface area contributed by atoms with Gasteiger partial charge in [-0.3, -0.25) is 0 Å². The van der Waals surface area contributed by atoms with Crippen molar-refractivity contribution in [3.63, 3.8) is 0 Å². The Bertz CT molecular complexity index is 1650. The van der Waals surface area contributed by atoms with E-state index in [-0.39, 0.29) is 28.5 Å². The third-order valence-electron chi connectivity index (χ3n) is 8.51. The second kappa shape index (κ2) is 14.4. The van der Waals surface area contributed by atoms with E-state index in [1.807, 2.05) is 13.0 Å². The fourth-order valence-corrected chi connectivity index (χ4v) is 6.08. The predicted octanol–water partition coefficient (Wildman–Crippen LogP) is 11.6. The maximum Gasteiger partial charge on any atom is 0.432 e. The van der Waals surface area contributed by atoms with Gasteiger partial charge in [0.25, 0.3) is 0 Å². The number of rotatable bonds is 11. The first-order valence-corrected chi connectivity index (χ1v) is 15.2. The van der Waals surface area contributed by atoms with Gasteiger partial charge < -0.3 is 9.47 Å². The number of hydrogen-bond acceptors (Lipinski definition) is 2. The molecule has 0 aliphatic heterocycles. The number of benzene rings is 4. The maximum absolute atomic E-state index is 15.1. The molecule has 4 aromatic carbocycles. The summed E-state index contributed by atoms with van der Waals surface area (Å²) in [4.78, 5) is 0. The monoisotopic (exact) mass is 642 g/mol. The van der Waals surface area contributed by atoms with Crippen molar-refractivity contribution in [3.8, 4) is 33.8 Å². The minimum absolute atomic E-state index is 0.0804. The molecule has 2 nitrogen and oxygen atoms in total. The van der Waals surface area contributed by atoms with Crippen molar-refractivity contribution in [2.75, 3.05) is 6.86 Å². The van der Waals surface area contributed by atoms with Crippen LogP contribution in [0.2, 0.25) is 0 Å². The second-order valence-electron chi connectivity index (χ2n) is 11.5. The molecule has 1 aliphatic carbocycles. The largest absolute Gasteiger partial charge is 0.460 e. The molecular formula is C37H33F7O2. The van der Waals surface area contributed by atoms with Crippen LogP contribution >= 0.6 is 0 Å². The van der Waals surface area contributed by atoms with E-state index in [1.165, 1.54) is 48.5 Å². The number of ether oxygens (including phenoxy) is 2. The second-order valence-corrected chi connectivity index (χ2v) is 11.5. The van der Waals surface area contributed by atoms with Crippen LogP contribution in [-0.2, 0) is 6.11 Å². The van der Waals surface area contributed by atoms with Gasteiger partial charge in [0.1, 0.15) is 28.8 Å². The summed E-state index contributed by atoms with van der Waals surface area (Å²) >= 11 is 0. The summed E-state index contributed by atoms with van der Waals surface area (Å²) in [6, 6.07) is 14.9. The molecular weight excluding hydrogens is 609 g/mol. The van der Waals surface area contributed by atoms with Gasteiger partial charge in [-0.05, 0) is 122 Å². The predicted molar refractivity (Wildman–Crippen MR) is 163 cm³/mol. The Hall–Kier alpha value is -4.27. The van der Waals surface area contributed by atoms with E-state index in [1.54, 1.807) is 6.07 Å². The zero-order chi connectivity index (χ0) is 32.8. The molecule has 0 aromatic heterocycles. The molecule has 1 fully saturated rings. The Balaban J connectivity index is 1.26. The quantitative estimate of drug-likeness (QED) is 0.120. The van der Waals surface area contributed by atoms with Gasteiger partial charge in [-0.15, -0.1) is 0 Å². The Morgan fingerprint density at radius 2 is 1.37 bits per heavy atom. The normalized spacial score (nSPS) is 17.0. The highest BCUT2D eigenvalue weighted by Crippen LogP contribution is 2.41. The molecule has 0 atom stereocenters. The average Bonchev–Trinajstić information content (AvgIpc) is 3.02. The highest BCUT2D eigenvalue weighted by atomic mass is 19.3. The van der Waals surface area contributed by atoms with Gasteiger partial charge >= 0.3 is 6.11 Å². The lowest BCUT2D eigenvalue weighted by molar-refractivity contribution is -0.189. The molecule has 0 N–H and O–H groups in total. The standard InChI is InChI=1S/C37H33F7O2/c1-2-3-4-5-23-6-8-25(9-7-23)28-20-33(41)36(34(42)21-28)37(43,44)46-29-14-10-24(11-15-29)26-12-16-30(31(39)18-26)27-13-17-35(45-22-38)32(40)19-27/h2-3,10-21,23,25H,4-9,22H2,1H3/b3-2+. The summed E-state index contributed by atoms with van der Waals surface area (Å²) in [6.45, 7) is 0.767. The summed E-state index contributed by atoms with van der Waals surface area (Å²) in [7, 11) is 0. The minimum Gasteiger partial charge on any atom is -0.460 e. The van der Waals surface area contributed by atoms with Crippen LogP contribution in [0.4, 0.5) is 30.7 Å². The zero-order valence-corrected chi connectivity index (χ0v) is 25.1. The molecule has 242 valence electrons. The minimum atomic E-state index is -4.30. The Morgan fingerprint density at radius 1 is 0.739 bits per heavy atom. The summed E-state index contributed by atoms with van der Waals surface area (Å²) in [6.07, 6.45) is 5.22. The highest BCUT2D eigenvalue weighted by molar-refractivity contribution is 5.71. The van der Waals surface area contributed by atoms with Crippen LogP contribution in [0, 0.1) is 29.2 Å². The molecule has 0 unspecified atom stereocenters. The van der Waals surface area contributed by atoms with Gasteiger partial charge in [-0.25, -0.2) is 22.0 Å². The van der Waals surface area contributed by atoms with E-state index in [0.29, 0.717) is 22.6 Å². The molecule has 0 radical (unpaired) electrons. The van der Waals surface area contributed by atoms with Gasteiger partial charge in [0.2, 0.25) is 6.86 Å². The first-order chi connectivity index (χ1) is 22.1. The molecule has 1 aliphatic rings. The summed E-state index contributed by atoms with van der Waals surface area (Å²) in [5, 5.41) is 0. The third-order valence-corrected chi connectivity index (χ3v) is 8.51. The molecule has 4 aromatic rings. The van der Waals surface area contributed by atoms with Crippen molar-refractivity contribution >= 4 is 0 Å². The first-order valence-electron chi connectivity index (χ1n) is 15.2. The van der Waals surface area contributed by atoms with Crippen LogP contribution in [0.1, 0.15) is 62.5 Å². The van der Waals surface area contributed by atoms with E-state index in [4.69, 9.17) is 4.74 Å². The van der Waals surface area contributed by atoms with Crippen LogP contribution < -0.4 is 9.47 Å². The number of allylic oxidation sites excluding steroid dienone is 2. The van der Waals surface area contributed by atoms with E-state index in [2.05, 4.69) is 10.8 Å². The zero-order valence-electron chi connectivity index (χ0n) is 25.1. The van der Waals surface area contributed by atoms with E-state index in [9.17, 15) is 13.2 Å². The first kappa shape index (κ1) is 33.1. The molecule has 0 spiro atoms. The Labute approximate surface area is 263 Å². The summed E-state index contributed by atoms with van der Waals surface area (Å²) < 4.78 is 111. The van der Waals surface area contributed by atoms with Crippen LogP contribution in [0.25, 0.3) is 22.3 Å². The lowest BCUT2D eigenvalue weighted by Crippen LogP contribution is -2.25. The van der Waals surface area contributed by atoms with E-state index >= 15 is 17.6 Å². The van der Waals surface area contributed by atoms with Crippen molar-refractivity contribution in [3.05, 3.63) is 119 Å². The van der Waals surface area contributed by atoms with E-state index in [0.717, 1.165) is 56.7 Å². The van der Waals surface area contributed by atoms with Crippen molar-refractivity contribution in [1.29, 1.82) is 0 Å². The number of alkyl halides is 3. The van der Waals surface area contributed by atoms with Gasteiger partial charge in [0.05, 0.1) is 0 Å². The van der Waals surface area contributed by atoms with Gasteiger partial charge in [0.15, 0.2) is 11.6 Å². The van der Waals surface area contributed by atoms with Crippen molar-refractivity contribution in [1.82, 2.24) is 0 Å². The highest BCUT2D eigenvalue weighted by Gasteiger charge is 2.41. The average molecular weight is 643 g/mol. The van der Waals surface area contributed by atoms with Crippen molar-refractivity contribution in [2.45, 2.75) is 57.5 Å². The van der Waals surface area contributed by atoms with Gasteiger partial charge in [0, 0.05) is 5.56 Å². The topological polar surface area (TPSA) is 18.5 Å². The number of halogens is 7. The van der Waals surface area contributed by atoms with Crippen LogP contribution in [0.5, 0.6) is 11.5 Å². The third kappa shape index (κ3) is 7.57. The molecule has 9 heteroatoms. The smallest absolute Gasteiger partial charge is 0.432 e. The molecule has 0 amide bonds. The molecule has 0 saturated heterocycles. The van der Waals surface area contributed by atoms with E-state index < -0.39 is 41.8 Å². The fourth-order valence-electron chi connectivity index (χ4n) is 6.08. The molecule has 5 rings (SSSR count). The number of hydrogen-bond donors (Lipinski definition) is 0. The van der Waals surface area contributed by atoms with Gasteiger partial charge in [-0.1, -0.05) is 42.5 Å². The SMILES string of the molecule is C/C=C/CCC1CCC(c2cc(F)c(C(F)(F)Oc3ccc(-c4ccc(-c5ccc(OCF)c(F)c5)c(F)c4)cc3)c(F)c2)CC1. The molecule has 0 heterocycles. The van der Waals surface area contributed by atoms with Gasteiger partial charge in [-0.2, -0.15) is 8.78 Å². The Kier molecular flexibility index (Phi) is 10.4. The molecule has 0 bridgehead atoms. The molecule has 46 heavy (non-hydrogen) atoms. The lowest BCUT2D eigenvalue weighted by atomic mass is 9.77. The fraction of sp³-hybridized carbons (Fsp3) is 0.297. The lowest BCUT2D eigenvalue weighted by Gasteiger charge is -2.29. The Morgan fingerprint density at radius 3 is 1.98 bits per heavy atom. The van der Waals surface area contributed by atoms with Crippen molar-refractivity contribution in [2.24, 2.45) is 5.92 Å². The van der Waals surface area contributed by atoms with Crippen LogP contribution in [0.15, 0.2) is 84.9 Å². The van der Waals surface area contributed by atoms with Crippen LogP contribution in [0.3, 0.4) is 0 Å². The summed E-state index contributed by atoms with van der Waals surface area (Å²) in [5.41, 5.74) is 0.0242. The van der Waals surface area contributed by atoms with Crippen molar-refractivity contribution < 1.29 is 40.2 Å². The summed E-state index contributed by atoms with van der Waals surface area (Å²) in [5.74, 6) is -4.48. The maximum atomic E-state index is 15.1. The van der Waals surface area contributed by atoms with Crippen LogP contribution in [-0.4, -0.2) is 6.86 Å².